The molecule has 29 heavy (non-hydrogen) atoms. The minimum atomic E-state index is -2.88. The molecule has 0 saturated carbocycles. The molecule has 2 heterocycles. The van der Waals surface area contributed by atoms with E-state index >= 15 is 0 Å². The van der Waals surface area contributed by atoms with Gasteiger partial charge >= 0.3 is 0 Å². The Balaban J connectivity index is 1.24. The summed E-state index contributed by atoms with van der Waals surface area (Å²) in [6.07, 6.45) is 0.707. The second-order valence-electron chi connectivity index (χ2n) is 7.65. The summed E-state index contributed by atoms with van der Waals surface area (Å²) in [4.78, 5) is 16.5. The standard InChI is InChI=1S/C22H26N2O4S/c25-22(24-13-11-23(12-14-24)20-10-15-29(26,27)17-20)16-28-21-8-6-19(7-9-21)18-4-2-1-3-5-18/h1-9,20H,10-17H2/t20-/m0/s1. The van der Waals surface area contributed by atoms with Gasteiger partial charge in [-0.05, 0) is 29.7 Å². The first-order valence-electron chi connectivity index (χ1n) is 10.0. The summed E-state index contributed by atoms with van der Waals surface area (Å²) in [5.41, 5.74) is 2.25. The van der Waals surface area contributed by atoms with Crippen LogP contribution in [0, 0.1) is 0 Å². The van der Waals surface area contributed by atoms with Crippen molar-refractivity contribution in [3.63, 3.8) is 0 Å². The van der Waals surface area contributed by atoms with Crippen LogP contribution in [0.15, 0.2) is 54.6 Å². The van der Waals surface area contributed by atoms with Crippen molar-refractivity contribution >= 4 is 15.7 Å². The maximum absolute atomic E-state index is 12.5. The molecule has 2 fully saturated rings. The van der Waals surface area contributed by atoms with Gasteiger partial charge in [-0.3, -0.25) is 9.69 Å². The van der Waals surface area contributed by atoms with Crippen LogP contribution in [0.5, 0.6) is 5.75 Å². The zero-order chi connectivity index (χ0) is 20.3. The van der Waals surface area contributed by atoms with E-state index in [1.807, 2.05) is 42.5 Å². The zero-order valence-corrected chi connectivity index (χ0v) is 17.2. The van der Waals surface area contributed by atoms with Crippen molar-refractivity contribution in [2.24, 2.45) is 0 Å². The molecule has 6 nitrogen and oxygen atoms in total. The van der Waals surface area contributed by atoms with Gasteiger partial charge in [0.25, 0.3) is 5.91 Å². The third-order valence-electron chi connectivity index (χ3n) is 5.72. The Kier molecular flexibility index (Phi) is 5.87. The van der Waals surface area contributed by atoms with Gasteiger partial charge in [0.1, 0.15) is 5.75 Å². The number of piperazine rings is 1. The Morgan fingerprint density at radius 2 is 1.59 bits per heavy atom. The van der Waals surface area contributed by atoms with Gasteiger partial charge in [-0.25, -0.2) is 8.42 Å². The van der Waals surface area contributed by atoms with Crippen molar-refractivity contribution in [3.8, 4) is 16.9 Å². The third kappa shape index (κ3) is 4.97. The molecule has 2 aliphatic heterocycles. The maximum Gasteiger partial charge on any atom is 0.260 e. The Morgan fingerprint density at radius 3 is 2.21 bits per heavy atom. The molecule has 7 heteroatoms. The Labute approximate surface area is 172 Å². The molecule has 0 bridgehead atoms. The molecule has 1 atom stereocenters. The third-order valence-corrected chi connectivity index (χ3v) is 7.47. The quantitative estimate of drug-likeness (QED) is 0.749. The molecule has 0 unspecified atom stereocenters. The summed E-state index contributed by atoms with van der Waals surface area (Å²) in [5, 5.41) is 0. The van der Waals surface area contributed by atoms with Crippen LogP contribution in [0.3, 0.4) is 0 Å². The normalized spacial score (nSPS) is 21.8. The first kappa shape index (κ1) is 19.9. The predicted octanol–water partition coefficient (Wildman–Crippen LogP) is 2.06. The van der Waals surface area contributed by atoms with Gasteiger partial charge in [-0.2, -0.15) is 0 Å². The van der Waals surface area contributed by atoms with Crippen molar-refractivity contribution in [1.29, 1.82) is 0 Å². The van der Waals surface area contributed by atoms with Gasteiger partial charge < -0.3 is 9.64 Å². The van der Waals surface area contributed by atoms with Crippen molar-refractivity contribution in [3.05, 3.63) is 54.6 Å². The van der Waals surface area contributed by atoms with Crippen molar-refractivity contribution in [2.45, 2.75) is 12.5 Å². The largest absolute Gasteiger partial charge is 0.484 e. The number of hydrogen-bond acceptors (Lipinski definition) is 5. The number of carbonyl (C=O) groups excluding carboxylic acids is 1. The lowest BCUT2D eigenvalue weighted by Gasteiger charge is -2.37. The van der Waals surface area contributed by atoms with E-state index in [-0.39, 0.29) is 30.1 Å². The molecule has 2 aromatic carbocycles. The lowest BCUT2D eigenvalue weighted by molar-refractivity contribution is -0.135. The van der Waals surface area contributed by atoms with Gasteiger partial charge in [0.15, 0.2) is 16.4 Å². The summed E-state index contributed by atoms with van der Waals surface area (Å²) >= 11 is 0. The first-order chi connectivity index (χ1) is 14.0. The van der Waals surface area contributed by atoms with E-state index in [1.54, 1.807) is 4.90 Å². The van der Waals surface area contributed by atoms with Crippen LogP contribution in [0.4, 0.5) is 0 Å². The van der Waals surface area contributed by atoms with Gasteiger partial charge in [-0.1, -0.05) is 42.5 Å². The minimum absolute atomic E-state index is 0.0164. The fourth-order valence-electron chi connectivity index (χ4n) is 4.01. The molecule has 4 rings (SSSR count). The average molecular weight is 415 g/mol. The smallest absolute Gasteiger partial charge is 0.260 e. The molecule has 2 aromatic rings. The van der Waals surface area contributed by atoms with Crippen LogP contribution < -0.4 is 4.74 Å². The lowest BCUT2D eigenvalue weighted by Crippen LogP contribution is -2.53. The van der Waals surface area contributed by atoms with E-state index < -0.39 is 9.84 Å². The number of ether oxygens (including phenoxy) is 1. The Morgan fingerprint density at radius 1 is 0.931 bits per heavy atom. The fraction of sp³-hybridized carbons (Fsp3) is 0.409. The molecular formula is C22H26N2O4S. The van der Waals surface area contributed by atoms with E-state index in [1.165, 1.54) is 0 Å². The van der Waals surface area contributed by atoms with E-state index in [2.05, 4.69) is 17.0 Å². The number of carbonyl (C=O) groups is 1. The summed E-state index contributed by atoms with van der Waals surface area (Å²) in [5.74, 6) is 1.18. The molecule has 2 saturated heterocycles. The van der Waals surface area contributed by atoms with E-state index in [4.69, 9.17) is 4.74 Å². The van der Waals surface area contributed by atoms with Gasteiger partial charge in [0, 0.05) is 32.2 Å². The molecular weight excluding hydrogens is 388 g/mol. The molecule has 0 radical (unpaired) electrons. The highest BCUT2D eigenvalue weighted by molar-refractivity contribution is 7.91. The Hall–Kier alpha value is -2.38. The highest BCUT2D eigenvalue weighted by atomic mass is 32.2. The number of benzene rings is 2. The van der Waals surface area contributed by atoms with Crippen molar-refractivity contribution < 1.29 is 17.9 Å². The molecule has 154 valence electrons. The predicted molar refractivity (Wildman–Crippen MR) is 113 cm³/mol. The van der Waals surface area contributed by atoms with E-state index in [0.717, 1.165) is 24.2 Å². The number of hydrogen-bond donors (Lipinski definition) is 0. The number of nitrogens with zero attached hydrogens (tertiary/aromatic N) is 2. The first-order valence-corrected chi connectivity index (χ1v) is 11.8. The zero-order valence-electron chi connectivity index (χ0n) is 16.4. The molecule has 1 amide bonds. The number of sulfone groups is 1. The molecule has 0 aliphatic carbocycles. The molecule has 0 spiro atoms. The summed E-state index contributed by atoms with van der Waals surface area (Å²) in [6.45, 7) is 2.69. The molecule has 0 aromatic heterocycles. The van der Waals surface area contributed by atoms with Crippen LogP contribution in [-0.2, 0) is 14.6 Å². The molecule has 0 N–H and O–H groups in total. The number of amides is 1. The van der Waals surface area contributed by atoms with Gasteiger partial charge in [0.2, 0.25) is 0 Å². The SMILES string of the molecule is O=C(COc1ccc(-c2ccccc2)cc1)N1CCN([C@H]2CCS(=O)(=O)C2)CC1. The summed E-state index contributed by atoms with van der Waals surface area (Å²) < 4.78 is 29.0. The fourth-order valence-corrected chi connectivity index (χ4v) is 5.77. The second-order valence-corrected chi connectivity index (χ2v) is 9.88. The highest BCUT2D eigenvalue weighted by Gasteiger charge is 2.34. The summed E-state index contributed by atoms with van der Waals surface area (Å²) in [6, 6.07) is 18.0. The van der Waals surface area contributed by atoms with Crippen LogP contribution in [0.1, 0.15) is 6.42 Å². The van der Waals surface area contributed by atoms with Crippen molar-refractivity contribution in [1.82, 2.24) is 9.80 Å². The summed E-state index contributed by atoms with van der Waals surface area (Å²) in [7, 11) is -2.88. The average Bonchev–Trinajstić information content (AvgIpc) is 3.13. The van der Waals surface area contributed by atoms with Crippen LogP contribution in [-0.4, -0.2) is 74.5 Å². The van der Waals surface area contributed by atoms with Gasteiger partial charge in [0.05, 0.1) is 11.5 Å². The van der Waals surface area contributed by atoms with Crippen LogP contribution in [0.25, 0.3) is 11.1 Å². The van der Waals surface area contributed by atoms with Crippen molar-refractivity contribution in [2.75, 3.05) is 44.3 Å². The van der Waals surface area contributed by atoms with Gasteiger partial charge in [-0.15, -0.1) is 0 Å². The van der Waals surface area contributed by atoms with E-state index in [0.29, 0.717) is 25.3 Å². The highest BCUT2D eigenvalue weighted by Crippen LogP contribution is 2.22. The topological polar surface area (TPSA) is 66.9 Å². The maximum atomic E-state index is 12.5. The van der Waals surface area contributed by atoms with E-state index in [9.17, 15) is 13.2 Å². The number of rotatable bonds is 5. The molecule has 2 aliphatic rings. The lowest BCUT2D eigenvalue weighted by atomic mass is 10.1. The van der Waals surface area contributed by atoms with Crippen LogP contribution >= 0.6 is 0 Å². The monoisotopic (exact) mass is 414 g/mol. The Bertz CT molecular complexity index is 937. The minimum Gasteiger partial charge on any atom is -0.484 e. The second kappa shape index (κ2) is 8.55. The van der Waals surface area contributed by atoms with Crippen LogP contribution in [0.2, 0.25) is 0 Å².